The van der Waals surface area contributed by atoms with Crippen LogP contribution in [0.25, 0.3) is 0 Å². The molecule has 1 amide bonds. The van der Waals surface area contributed by atoms with Gasteiger partial charge in [0.05, 0.1) is 17.9 Å². The van der Waals surface area contributed by atoms with Crippen LogP contribution < -0.4 is 11.1 Å². The van der Waals surface area contributed by atoms with E-state index in [4.69, 9.17) is 10.8 Å². The number of nitrogens with zero attached hydrogens (tertiary/aromatic N) is 4. The Kier molecular flexibility index (Phi) is 4.60. The molecule has 0 saturated heterocycles. The number of nitrogens with one attached hydrogen (secondary N) is 1. The number of carboxylic acid groups (broad SMARTS) is 1. The zero-order chi connectivity index (χ0) is 15.4. The van der Waals surface area contributed by atoms with Crippen molar-refractivity contribution in [2.75, 3.05) is 0 Å². The van der Waals surface area contributed by atoms with Crippen LogP contribution in [0.2, 0.25) is 0 Å². The number of amides is 1. The summed E-state index contributed by atoms with van der Waals surface area (Å²) < 4.78 is 1.38. The van der Waals surface area contributed by atoms with E-state index in [9.17, 15) is 9.59 Å². The average Bonchev–Trinajstić information content (AvgIpc) is 3.06. The molecule has 2 heterocycles. The van der Waals surface area contributed by atoms with Gasteiger partial charge in [-0.2, -0.15) is 0 Å². The Morgan fingerprint density at radius 3 is 2.90 bits per heavy atom. The van der Waals surface area contributed by atoms with E-state index >= 15 is 0 Å². The van der Waals surface area contributed by atoms with Crippen molar-refractivity contribution in [3.8, 4) is 0 Å². The van der Waals surface area contributed by atoms with Crippen molar-refractivity contribution in [1.29, 1.82) is 0 Å². The van der Waals surface area contributed by atoms with Crippen LogP contribution in [0.15, 0.2) is 11.6 Å². The predicted molar refractivity (Wildman–Crippen MR) is 73.5 cm³/mol. The first-order chi connectivity index (χ1) is 9.99. The number of rotatable bonds is 6. The van der Waals surface area contributed by atoms with Crippen molar-refractivity contribution >= 4 is 23.2 Å². The second-order valence-corrected chi connectivity index (χ2v) is 5.17. The zero-order valence-corrected chi connectivity index (χ0v) is 12.0. The second-order valence-electron chi connectivity index (χ2n) is 4.28. The van der Waals surface area contributed by atoms with E-state index in [0.717, 1.165) is 0 Å². The maximum atomic E-state index is 11.9. The minimum absolute atomic E-state index is 0.00844. The largest absolute Gasteiger partial charge is 0.476 e. The van der Waals surface area contributed by atoms with Crippen LogP contribution in [-0.2, 0) is 17.9 Å². The normalized spacial score (nSPS) is 12.1. The maximum absolute atomic E-state index is 11.9. The van der Waals surface area contributed by atoms with Gasteiger partial charge >= 0.3 is 5.97 Å². The summed E-state index contributed by atoms with van der Waals surface area (Å²) in [5, 5.41) is 21.0. The maximum Gasteiger partial charge on any atom is 0.355 e. The Bertz CT molecular complexity index is 652. The van der Waals surface area contributed by atoms with Crippen LogP contribution in [0, 0.1) is 0 Å². The first kappa shape index (κ1) is 15.1. The number of carbonyl (C=O) groups is 2. The van der Waals surface area contributed by atoms with Crippen molar-refractivity contribution < 1.29 is 14.7 Å². The zero-order valence-electron chi connectivity index (χ0n) is 11.2. The van der Waals surface area contributed by atoms with Gasteiger partial charge in [-0.25, -0.2) is 14.5 Å². The molecule has 4 N–H and O–H groups in total. The van der Waals surface area contributed by atoms with Crippen LogP contribution in [0.1, 0.15) is 34.2 Å². The lowest BCUT2D eigenvalue weighted by Crippen LogP contribution is -2.30. The topological polar surface area (TPSA) is 136 Å². The molecule has 1 atom stereocenters. The average molecular weight is 310 g/mol. The molecule has 0 saturated carbocycles. The van der Waals surface area contributed by atoms with Gasteiger partial charge in [0.2, 0.25) is 5.91 Å². The summed E-state index contributed by atoms with van der Waals surface area (Å²) in [6, 6.07) is -0.381. The van der Waals surface area contributed by atoms with E-state index in [1.807, 2.05) is 0 Å². The fourth-order valence-electron chi connectivity index (χ4n) is 1.59. The van der Waals surface area contributed by atoms with Crippen LogP contribution in [0.5, 0.6) is 0 Å². The van der Waals surface area contributed by atoms with Gasteiger partial charge in [0, 0.05) is 11.9 Å². The van der Waals surface area contributed by atoms with Crippen LogP contribution in [-0.4, -0.2) is 37.0 Å². The van der Waals surface area contributed by atoms with Gasteiger partial charge in [0.15, 0.2) is 5.69 Å². The highest BCUT2D eigenvalue weighted by Crippen LogP contribution is 2.17. The van der Waals surface area contributed by atoms with Gasteiger partial charge in [-0.3, -0.25) is 4.79 Å². The highest BCUT2D eigenvalue weighted by atomic mass is 32.1. The second kappa shape index (κ2) is 6.41. The summed E-state index contributed by atoms with van der Waals surface area (Å²) in [5.41, 5.74) is 5.98. The molecule has 21 heavy (non-hydrogen) atoms. The van der Waals surface area contributed by atoms with Gasteiger partial charge in [-0.05, 0) is 6.92 Å². The summed E-state index contributed by atoms with van der Waals surface area (Å²) in [6.07, 6.45) is 1.59. The van der Waals surface area contributed by atoms with E-state index in [2.05, 4.69) is 20.6 Å². The fourth-order valence-corrected chi connectivity index (χ4v) is 2.39. The van der Waals surface area contributed by atoms with Crippen molar-refractivity contribution in [3.63, 3.8) is 0 Å². The summed E-state index contributed by atoms with van der Waals surface area (Å²) in [7, 11) is 0. The Hall–Kier alpha value is -2.33. The number of hydrogen-bond acceptors (Lipinski definition) is 7. The molecule has 1 unspecified atom stereocenters. The molecule has 112 valence electrons. The molecule has 0 spiro atoms. The van der Waals surface area contributed by atoms with E-state index in [1.54, 1.807) is 13.1 Å². The number of aromatic nitrogens is 4. The van der Waals surface area contributed by atoms with Gasteiger partial charge in [0.25, 0.3) is 0 Å². The van der Waals surface area contributed by atoms with E-state index in [0.29, 0.717) is 10.7 Å². The molecule has 0 fully saturated rings. The van der Waals surface area contributed by atoms with Crippen LogP contribution in [0.3, 0.4) is 0 Å². The number of carboxylic acids is 1. The third kappa shape index (κ3) is 3.83. The Morgan fingerprint density at radius 2 is 2.33 bits per heavy atom. The van der Waals surface area contributed by atoms with Crippen molar-refractivity contribution in [2.24, 2.45) is 5.73 Å². The lowest BCUT2D eigenvalue weighted by molar-refractivity contribution is -0.122. The number of aromatic carboxylic acids is 1. The molecule has 0 bridgehead atoms. The van der Waals surface area contributed by atoms with Gasteiger partial charge in [-0.1, -0.05) is 5.21 Å². The summed E-state index contributed by atoms with van der Waals surface area (Å²) in [4.78, 5) is 26.6. The van der Waals surface area contributed by atoms with Gasteiger partial charge < -0.3 is 16.2 Å². The molecule has 10 heteroatoms. The SMILES string of the molecule is CC(NC(=O)Cn1cc(CN)nn1)c1nc(C(=O)O)cs1. The third-order valence-electron chi connectivity index (χ3n) is 2.59. The molecule has 0 aliphatic carbocycles. The summed E-state index contributed by atoms with van der Waals surface area (Å²) in [6.45, 7) is 2.00. The summed E-state index contributed by atoms with van der Waals surface area (Å²) >= 11 is 1.18. The molecule has 2 aromatic rings. The van der Waals surface area contributed by atoms with E-state index in [1.165, 1.54) is 21.4 Å². The Labute approximate surface area is 123 Å². The van der Waals surface area contributed by atoms with Crippen LogP contribution in [0.4, 0.5) is 0 Å². The number of hydrogen-bond donors (Lipinski definition) is 3. The molecular weight excluding hydrogens is 296 g/mol. The van der Waals surface area contributed by atoms with Crippen molar-refractivity contribution in [3.05, 3.63) is 28.0 Å². The minimum atomic E-state index is -1.09. The third-order valence-corrected chi connectivity index (χ3v) is 3.62. The predicted octanol–water partition coefficient (Wildman–Crippen LogP) is -0.231. The highest BCUT2D eigenvalue weighted by molar-refractivity contribution is 7.09. The van der Waals surface area contributed by atoms with E-state index < -0.39 is 5.97 Å². The Balaban J connectivity index is 1.93. The summed E-state index contributed by atoms with van der Waals surface area (Å²) in [5.74, 6) is -1.36. The molecule has 2 aromatic heterocycles. The molecule has 0 radical (unpaired) electrons. The van der Waals surface area contributed by atoms with Gasteiger partial charge in [-0.15, -0.1) is 16.4 Å². The van der Waals surface area contributed by atoms with Crippen LogP contribution >= 0.6 is 11.3 Å². The smallest absolute Gasteiger partial charge is 0.355 e. The molecule has 9 nitrogen and oxygen atoms in total. The number of nitrogens with two attached hydrogens (primary N) is 1. The molecule has 0 aliphatic rings. The molecule has 0 aromatic carbocycles. The highest BCUT2D eigenvalue weighted by Gasteiger charge is 2.16. The monoisotopic (exact) mass is 310 g/mol. The van der Waals surface area contributed by atoms with Gasteiger partial charge in [0.1, 0.15) is 11.6 Å². The van der Waals surface area contributed by atoms with Crippen molar-refractivity contribution in [1.82, 2.24) is 25.3 Å². The van der Waals surface area contributed by atoms with E-state index in [-0.39, 0.29) is 30.7 Å². The fraction of sp³-hybridized carbons (Fsp3) is 0.364. The number of thiazole rings is 1. The molecule has 0 aliphatic heterocycles. The Morgan fingerprint density at radius 1 is 1.57 bits per heavy atom. The molecule has 2 rings (SSSR count). The lowest BCUT2D eigenvalue weighted by atomic mass is 10.3. The standard InChI is InChI=1S/C11H14N6O3S/c1-6(10-14-8(5-21-10)11(19)20)13-9(18)4-17-3-7(2-12)15-16-17/h3,5-6H,2,4,12H2,1H3,(H,13,18)(H,19,20). The first-order valence-electron chi connectivity index (χ1n) is 6.06. The van der Waals surface area contributed by atoms with Crippen molar-refractivity contribution in [2.45, 2.75) is 26.1 Å². The minimum Gasteiger partial charge on any atom is -0.476 e. The quantitative estimate of drug-likeness (QED) is 0.670. The first-order valence-corrected chi connectivity index (χ1v) is 6.94. The lowest BCUT2D eigenvalue weighted by Gasteiger charge is -2.10. The number of carbonyl (C=O) groups excluding carboxylic acids is 1. The molecular formula is C11H14N6O3S.